The Kier molecular flexibility index (Phi) is 19.1. The molecule has 0 spiro atoms. The van der Waals surface area contributed by atoms with E-state index in [4.69, 9.17) is 14.2 Å². The van der Waals surface area contributed by atoms with Crippen LogP contribution >= 0.6 is 0 Å². The van der Waals surface area contributed by atoms with Crippen LogP contribution in [-0.2, 0) is 33.4 Å². The molecular weight excluding hydrogens is 706 g/mol. The zero-order chi connectivity index (χ0) is 41.7. The molecule has 2 rings (SSSR count). The van der Waals surface area contributed by atoms with E-state index in [1.54, 1.807) is 42.8 Å². The highest BCUT2D eigenvalue weighted by Gasteiger charge is 2.43. The third-order valence-corrected chi connectivity index (χ3v) is 11.3. The lowest BCUT2D eigenvalue weighted by Gasteiger charge is -2.41. The summed E-state index contributed by atoms with van der Waals surface area (Å²) in [5, 5.41) is 16.7. The molecule has 10 atom stereocenters. The molecule has 1 aliphatic heterocycles. The molecule has 1 saturated heterocycles. The average molecular weight is 776 g/mol. The number of likely N-dealkylation sites (tertiary alicyclic amines) is 1. The van der Waals surface area contributed by atoms with Gasteiger partial charge in [0.1, 0.15) is 12.1 Å². The minimum Gasteiger partial charge on any atom is -0.453 e. The van der Waals surface area contributed by atoms with E-state index < -0.39 is 60.4 Å². The third-order valence-electron chi connectivity index (χ3n) is 11.3. The Morgan fingerprint density at radius 1 is 0.873 bits per heavy atom. The number of aliphatic hydroxyl groups excluding tert-OH is 1. The van der Waals surface area contributed by atoms with Crippen molar-refractivity contribution < 1.29 is 43.3 Å². The molecule has 312 valence electrons. The molecule has 1 aromatic carbocycles. The number of rotatable bonds is 20. The van der Waals surface area contributed by atoms with Crippen LogP contribution in [0, 0.1) is 23.7 Å². The number of carbonyl (C=O) groups is 5. The van der Waals surface area contributed by atoms with Crippen molar-refractivity contribution in [1.82, 2.24) is 25.3 Å². The van der Waals surface area contributed by atoms with E-state index in [2.05, 4.69) is 10.6 Å². The number of ether oxygens (including phenoxy) is 3. The first-order chi connectivity index (χ1) is 25.9. The van der Waals surface area contributed by atoms with E-state index in [0.29, 0.717) is 24.9 Å². The Bertz CT molecular complexity index is 1400. The summed E-state index contributed by atoms with van der Waals surface area (Å²) in [4.78, 5) is 72.5. The highest BCUT2D eigenvalue weighted by Crippen LogP contribution is 2.30. The van der Waals surface area contributed by atoms with Crippen molar-refractivity contribution >= 4 is 29.7 Å². The molecule has 0 radical (unpaired) electrons. The number of carbonyl (C=O) groups excluding carboxylic acids is 5. The molecule has 0 aliphatic carbocycles. The second kappa shape index (κ2) is 22.1. The van der Waals surface area contributed by atoms with Gasteiger partial charge < -0.3 is 39.8 Å². The quantitative estimate of drug-likeness (QED) is 0.177. The largest absolute Gasteiger partial charge is 0.453 e. The van der Waals surface area contributed by atoms with Crippen LogP contribution < -0.4 is 10.6 Å². The molecule has 0 bridgehead atoms. The summed E-state index contributed by atoms with van der Waals surface area (Å²) < 4.78 is 16.8. The van der Waals surface area contributed by atoms with Gasteiger partial charge in [-0.15, -0.1) is 0 Å². The van der Waals surface area contributed by atoms with E-state index in [1.807, 2.05) is 59.7 Å². The molecule has 1 fully saturated rings. The average Bonchev–Trinajstić information content (AvgIpc) is 3.65. The number of aliphatic hydroxyl groups is 1. The first-order valence-electron chi connectivity index (χ1n) is 19.6. The molecular formula is C41H69N5O9. The van der Waals surface area contributed by atoms with Crippen LogP contribution in [0.3, 0.4) is 0 Å². The lowest BCUT2D eigenvalue weighted by molar-refractivity contribution is -0.148. The van der Waals surface area contributed by atoms with Gasteiger partial charge in [-0.25, -0.2) is 4.79 Å². The fraction of sp³-hybridized carbons (Fsp3) is 0.732. The minimum absolute atomic E-state index is 0.0189. The van der Waals surface area contributed by atoms with Crippen LogP contribution in [0.1, 0.15) is 92.7 Å². The second-order valence-corrected chi connectivity index (χ2v) is 15.7. The van der Waals surface area contributed by atoms with Gasteiger partial charge in [-0.05, 0) is 43.1 Å². The molecule has 0 unspecified atom stereocenters. The fourth-order valence-electron chi connectivity index (χ4n) is 7.83. The molecule has 14 heteroatoms. The van der Waals surface area contributed by atoms with Gasteiger partial charge in [0.2, 0.25) is 23.6 Å². The summed E-state index contributed by atoms with van der Waals surface area (Å²) in [6, 6.07) is 5.89. The van der Waals surface area contributed by atoms with Gasteiger partial charge in [-0.2, -0.15) is 0 Å². The Morgan fingerprint density at radius 3 is 2.00 bits per heavy atom. The number of nitrogens with zero attached hydrogens (tertiary/aromatic N) is 3. The zero-order valence-electron chi connectivity index (χ0n) is 35.4. The number of amides is 5. The summed E-state index contributed by atoms with van der Waals surface area (Å²) in [7, 11) is 7.47. The van der Waals surface area contributed by atoms with Crippen LogP contribution in [0.4, 0.5) is 4.79 Å². The Labute approximate surface area is 329 Å². The van der Waals surface area contributed by atoms with Crippen molar-refractivity contribution in [3.63, 3.8) is 0 Å². The van der Waals surface area contributed by atoms with Crippen LogP contribution in [0.5, 0.6) is 0 Å². The second-order valence-electron chi connectivity index (χ2n) is 15.7. The summed E-state index contributed by atoms with van der Waals surface area (Å²) in [6.45, 7) is 15.3. The summed E-state index contributed by atoms with van der Waals surface area (Å²) in [5.41, 5.74) is 0.697. The topological polar surface area (TPSA) is 167 Å². The molecule has 55 heavy (non-hydrogen) atoms. The van der Waals surface area contributed by atoms with Gasteiger partial charge >= 0.3 is 6.09 Å². The maximum Gasteiger partial charge on any atom is 0.409 e. The molecule has 1 aromatic rings. The fourth-order valence-corrected chi connectivity index (χ4v) is 7.83. The third kappa shape index (κ3) is 12.1. The van der Waals surface area contributed by atoms with Crippen LogP contribution in [0.2, 0.25) is 0 Å². The first-order valence-corrected chi connectivity index (χ1v) is 19.6. The SMILES string of the molecule is CC[C@H](C)[C@@H]([C@@H](CC(=O)N1CCC[C@H]1[C@H](OC)[C@@H](C)C(=O)N[C@H](C)[C@@H](O)c1ccccc1)OC)N(C)C(=O)[C@@H](NC(=O)[C@H](C(C)C)N(C)C(=O)OC)C(C)C. The number of methoxy groups -OCH3 is 3. The lowest BCUT2D eigenvalue weighted by Crippen LogP contribution is -2.60. The summed E-state index contributed by atoms with van der Waals surface area (Å²) in [6.07, 6.45) is -0.792. The number of likely N-dealkylation sites (N-methyl/N-ethyl adjacent to an activating group) is 2. The molecule has 5 amide bonds. The van der Waals surface area contributed by atoms with Gasteiger partial charge in [0.05, 0.1) is 55.9 Å². The van der Waals surface area contributed by atoms with Crippen molar-refractivity contribution in [2.45, 2.75) is 130 Å². The summed E-state index contributed by atoms with van der Waals surface area (Å²) in [5.74, 6) is -2.54. The molecule has 14 nitrogen and oxygen atoms in total. The monoisotopic (exact) mass is 776 g/mol. The van der Waals surface area contributed by atoms with E-state index >= 15 is 0 Å². The standard InChI is InChI=1S/C41H69N5O9/c1-14-26(6)35(44(9)40(51)33(24(2)3)43-39(50)34(25(4)5)45(10)41(52)55-13)31(53-11)23-32(47)46-22-18-21-30(46)37(54-12)27(7)38(49)42-28(8)36(48)29-19-16-15-17-20-29/h15-17,19-20,24-28,30-31,33-37,48H,14,18,21-23H2,1-13H3,(H,42,49)(H,43,50)/t26-,27+,28+,30-,31+,33-,34-,35-,36+,37+/m0/s1. The molecule has 3 N–H and O–H groups in total. The van der Waals surface area contributed by atoms with Gasteiger partial charge in [0, 0.05) is 34.9 Å². The van der Waals surface area contributed by atoms with E-state index in [0.717, 1.165) is 6.42 Å². The highest BCUT2D eigenvalue weighted by molar-refractivity contribution is 5.91. The van der Waals surface area contributed by atoms with Crippen molar-refractivity contribution in [2.24, 2.45) is 23.7 Å². The van der Waals surface area contributed by atoms with Crippen LogP contribution in [-0.4, -0.2) is 134 Å². The van der Waals surface area contributed by atoms with Gasteiger partial charge in [0.25, 0.3) is 0 Å². The van der Waals surface area contributed by atoms with Gasteiger partial charge in [-0.3, -0.25) is 24.1 Å². The number of hydrogen-bond acceptors (Lipinski definition) is 9. The van der Waals surface area contributed by atoms with Crippen molar-refractivity contribution in [3.8, 4) is 0 Å². The predicted molar refractivity (Wildman–Crippen MR) is 211 cm³/mol. The van der Waals surface area contributed by atoms with Crippen LogP contribution in [0.25, 0.3) is 0 Å². The predicted octanol–water partition coefficient (Wildman–Crippen LogP) is 4.01. The van der Waals surface area contributed by atoms with E-state index in [9.17, 15) is 29.1 Å². The molecule has 1 heterocycles. The van der Waals surface area contributed by atoms with Gasteiger partial charge in [-0.1, -0.05) is 85.2 Å². The molecule has 0 saturated carbocycles. The van der Waals surface area contributed by atoms with Crippen molar-refractivity contribution in [3.05, 3.63) is 35.9 Å². The van der Waals surface area contributed by atoms with Crippen LogP contribution in [0.15, 0.2) is 30.3 Å². The van der Waals surface area contributed by atoms with Crippen molar-refractivity contribution in [1.29, 1.82) is 0 Å². The Hall–Kier alpha value is -3.75. The van der Waals surface area contributed by atoms with Crippen molar-refractivity contribution in [2.75, 3.05) is 42.0 Å². The molecule has 0 aromatic heterocycles. The maximum absolute atomic E-state index is 14.3. The lowest BCUT2D eigenvalue weighted by atomic mass is 9.89. The first kappa shape index (κ1) is 47.4. The van der Waals surface area contributed by atoms with E-state index in [1.165, 1.54) is 33.3 Å². The summed E-state index contributed by atoms with van der Waals surface area (Å²) >= 11 is 0. The number of hydrogen-bond donors (Lipinski definition) is 3. The van der Waals surface area contributed by atoms with E-state index in [-0.39, 0.29) is 47.9 Å². The normalized spacial score (nSPS) is 19.3. The van der Waals surface area contributed by atoms with Gasteiger partial charge in [0.15, 0.2) is 0 Å². The number of nitrogens with one attached hydrogen (secondary N) is 2. The maximum atomic E-state index is 14.3. The Morgan fingerprint density at radius 2 is 1.49 bits per heavy atom. The zero-order valence-corrected chi connectivity index (χ0v) is 35.4. The highest BCUT2D eigenvalue weighted by atomic mass is 16.5. The Balaban J connectivity index is 2.28. The minimum atomic E-state index is -0.917. The molecule has 1 aliphatic rings. The number of benzene rings is 1. The smallest absolute Gasteiger partial charge is 0.409 e.